The number of alkyl halides is 1. The first-order valence-electron chi connectivity index (χ1n) is 7.93. The zero-order valence-electron chi connectivity index (χ0n) is 13.7. The van der Waals surface area contributed by atoms with E-state index in [1.54, 1.807) is 0 Å². The summed E-state index contributed by atoms with van der Waals surface area (Å²) in [7, 11) is 0. The molecule has 1 aromatic carbocycles. The Labute approximate surface area is 143 Å². The van der Waals surface area contributed by atoms with E-state index in [0.29, 0.717) is 17.4 Å². The molecule has 2 aromatic rings. The summed E-state index contributed by atoms with van der Waals surface area (Å²) in [5.41, 5.74) is 9.59. The maximum absolute atomic E-state index is 6.28. The van der Waals surface area contributed by atoms with Crippen LogP contribution < -0.4 is 15.8 Å². The van der Waals surface area contributed by atoms with Gasteiger partial charge in [0, 0.05) is 18.1 Å². The summed E-state index contributed by atoms with van der Waals surface area (Å²) < 4.78 is 5.93. The number of aromatic nitrogens is 1. The van der Waals surface area contributed by atoms with Crippen molar-refractivity contribution in [1.29, 1.82) is 0 Å². The van der Waals surface area contributed by atoms with Gasteiger partial charge < -0.3 is 15.8 Å². The van der Waals surface area contributed by atoms with E-state index < -0.39 is 0 Å². The highest BCUT2D eigenvalue weighted by atomic mass is 35.5. The molecule has 0 amide bonds. The molecule has 5 heteroatoms. The van der Waals surface area contributed by atoms with Crippen LogP contribution in [0.2, 0.25) is 0 Å². The molecular formula is C18H24ClN3O. The lowest BCUT2D eigenvalue weighted by molar-refractivity contribution is 0.463. The number of pyridine rings is 1. The van der Waals surface area contributed by atoms with Gasteiger partial charge in [-0.05, 0) is 44.4 Å². The van der Waals surface area contributed by atoms with Crippen molar-refractivity contribution in [3.63, 3.8) is 0 Å². The number of hydrogen-bond acceptors (Lipinski definition) is 4. The Hall–Kier alpha value is -1.94. The van der Waals surface area contributed by atoms with Crippen LogP contribution in [0.15, 0.2) is 30.3 Å². The monoisotopic (exact) mass is 333 g/mol. The third kappa shape index (κ3) is 4.76. The number of aryl methyl sites for hydroxylation is 1. The van der Waals surface area contributed by atoms with E-state index in [1.165, 1.54) is 0 Å². The second-order valence-electron chi connectivity index (χ2n) is 5.51. The molecular weight excluding hydrogens is 310 g/mol. The third-order valence-corrected chi connectivity index (χ3v) is 4.04. The molecule has 0 aliphatic rings. The number of hydrogen-bond donors (Lipinski definition) is 2. The van der Waals surface area contributed by atoms with Gasteiger partial charge in [0.15, 0.2) is 0 Å². The lowest BCUT2D eigenvalue weighted by atomic mass is 10.1. The normalized spacial score (nSPS) is 10.6. The average Bonchev–Trinajstić information content (AvgIpc) is 2.56. The van der Waals surface area contributed by atoms with E-state index in [0.717, 1.165) is 48.5 Å². The second kappa shape index (κ2) is 8.63. The second-order valence-corrected chi connectivity index (χ2v) is 5.89. The summed E-state index contributed by atoms with van der Waals surface area (Å²) in [5, 5.41) is 3.37. The standard InChI is InChI=1S/C18H24ClN3O/c1-13-14(2)22-18(23-15-9-5-3-6-10-15)17(16(13)20)21-12-8-4-7-11-19/h3,5-6,9-10,21H,4,7-8,11-12H2,1-2H3,(H2,20,22). The van der Waals surface area contributed by atoms with Crippen molar-refractivity contribution in [2.75, 3.05) is 23.5 Å². The Morgan fingerprint density at radius 1 is 1.13 bits per heavy atom. The fraction of sp³-hybridized carbons (Fsp3) is 0.389. The van der Waals surface area contributed by atoms with Crippen molar-refractivity contribution in [2.24, 2.45) is 0 Å². The molecule has 0 spiro atoms. The van der Waals surface area contributed by atoms with Crippen LogP contribution in [0.25, 0.3) is 0 Å². The zero-order chi connectivity index (χ0) is 16.7. The smallest absolute Gasteiger partial charge is 0.245 e. The summed E-state index contributed by atoms with van der Waals surface area (Å²) in [5.74, 6) is 1.97. The van der Waals surface area contributed by atoms with Crippen LogP contribution in [-0.4, -0.2) is 17.4 Å². The predicted octanol–water partition coefficient (Wildman–Crippen LogP) is 4.89. The van der Waals surface area contributed by atoms with Crippen molar-refractivity contribution < 1.29 is 4.74 Å². The van der Waals surface area contributed by atoms with Crippen molar-refractivity contribution in [1.82, 2.24) is 4.98 Å². The molecule has 0 fully saturated rings. The highest BCUT2D eigenvalue weighted by molar-refractivity contribution is 6.17. The Morgan fingerprint density at radius 3 is 2.57 bits per heavy atom. The van der Waals surface area contributed by atoms with Crippen molar-refractivity contribution in [3.8, 4) is 11.6 Å². The summed E-state index contributed by atoms with van der Waals surface area (Å²) in [6, 6.07) is 9.61. The largest absolute Gasteiger partial charge is 0.437 e. The molecule has 124 valence electrons. The number of nitrogens with one attached hydrogen (secondary N) is 1. The Bertz CT molecular complexity index is 632. The summed E-state index contributed by atoms with van der Waals surface area (Å²) in [4.78, 5) is 4.56. The van der Waals surface area contributed by atoms with E-state index >= 15 is 0 Å². The van der Waals surface area contributed by atoms with Crippen molar-refractivity contribution in [2.45, 2.75) is 33.1 Å². The fourth-order valence-electron chi connectivity index (χ4n) is 2.24. The molecule has 1 heterocycles. The molecule has 0 saturated heterocycles. The lowest BCUT2D eigenvalue weighted by Crippen LogP contribution is -2.09. The highest BCUT2D eigenvalue weighted by Crippen LogP contribution is 2.35. The fourth-order valence-corrected chi connectivity index (χ4v) is 2.43. The van der Waals surface area contributed by atoms with Crippen molar-refractivity contribution >= 4 is 23.0 Å². The van der Waals surface area contributed by atoms with Crippen LogP contribution in [0.1, 0.15) is 30.5 Å². The van der Waals surface area contributed by atoms with Gasteiger partial charge in [-0.2, -0.15) is 0 Å². The minimum Gasteiger partial charge on any atom is -0.437 e. The SMILES string of the molecule is Cc1nc(Oc2ccccc2)c(NCCCCCCl)c(N)c1C. The van der Waals surface area contributed by atoms with Crippen LogP contribution in [0, 0.1) is 13.8 Å². The van der Waals surface area contributed by atoms with Crippen LogP contribution in [0.3, 0.4) is 0 Å². The average molecular weight is 334 g/mol. The van der Waals surface area contributed by atoms with Gasteiger partial charge in [-0.15, -0.1) is 11.6 Å². The summed E-state index contributed by atoms with van der Waals surface area (Å²) >= 11 is 5.71. The predicted molar refractivity (Wildman–Crippen MR) is 97.7 cm³/mol. The number of nitrogens with two attached hydrogens (primary N) is 1. The number of unbranched alkanes of at least 4 members (excludes halogenated alkanes) is 2. The van der Waals surface area contributed by atoms with E-state index in [2.05, 4.69) is 10.3 Å². The quantitative estimate of drug-likeness (QED) is 0.533. The van der Waals surface area contributed by atoms with E-state index in [1.807, 2.05) is 44.2 Å². The molecule has 0 radical (unpaired) electrons. The van der Waals surface area contributed by atoms with Gasteiger partial charge in [0.05, 0.1) is 5.69 Å². The first-order chi connectivity index (χ1) is 11.1. The number of nitrogen functional groups attached to an aromatic ring is 1. The highest BCUT2D eigenvalue weighted by Gasteiger charge is 2.15. The Kier molecular flexibility index (Phi) is 6.53. The molecule has 0 bridgehead atoms. The summed E-state index contributed by atoms with van der Waals surface area (Å²) in [6.45, 7) is 4.73. The van der Waals surface area contributed by atoms with E-state index in [9.17, 15) is 0 Å². The minimum atomic E-state index is 0.522. The Morgan fingerprint density at radius 2 is 1.87 bits per heavy atom. The van der Waals surface area contributed by atoms with Gasteiger partial charge in [-0.25, -0.2) is 4.98 Å². The molecule has 0 atom stereocenters. The van der Waals surface area contributed by atoms with Gasteiger partial charge in [-0.1, -0.05) is 24.6 Å². The van der Waals surface area contributed by atoms with Crippen LogP contribution >= 0.6 is 11.6 Å². The minimum absolute atomic E-state index is 0.522. The number of halogens is 1. The first-order valence-corrected chi connectivity index (χ1v) is 8.46. The maximum atomic E-state index is 6.28. The number of anilines is 2. The molecule has 2 rings (SSSR count). The lowest BCUT2D eigenvalue weighted by Gasteiger charge is -2.17. The molecule has 0 unspecified atom stereocenters. The maximum Gasteiger partial charge on any atom is 0.245 e. The first kappa shape index (κ1) is 17.4. The number of ether oxygens (including phenoxy) is 1. The van der Waals surface area contributed by atoms with E-state index in [4.69, 9.17) is 22.1 Å². The van der Waals surface area contributed by atoms with Gasteiger partial charge >= 0.3 is 0 Å². The number of nitrogens with zero attached hydrogens (tertiary/aromatic N) is 1. The Balaban J connectivity index is 2.18. The molecule has 0 aliphatic heterocycles. The number of rotatable bonds is 8. The molecule has 3 N–H and O–H groups in total. The topological polar surface area (TPSA) is 60.2 Å². The number of benzene rings is 1. The van der Waals surface area contributed by atoms with Crippen LogP contribution in [0.4, 0.5) is 11.4 Å². The molecule has 23 heavy (non-hydrogen) atoms. The molecule has 0 saturated carbocycles. The summed E-state index contributed by atoms with van der Waals surface area (Å²) in [6.07, 6.45) is 3.14. The molecule has 4 nitrogen and oxygen atoms in total. The molecule has 0 aliphatic carbocycles. The third-order valence-electron chi connectivity index (χ3n) is 3.77. The molecule has 1 aromatic heterocycles. The number of para-hydroxylation sites is 1. The van der Waals surface area contributed by atoms with Crippen LogP contribution in [-0.2, 0) is 0 Å². The van der Waals surface area contributed by atoms with Crippen LogP contribution in [0.5, 0.6) is 11.6 Å². The van der Waals surface area contributed by atoms with Gasteiger partial charge in [0.2, 0.25) is 5.88 Å². The van der Waals surface area contributed by atoms with Gasteiger partial charge in [-0.3, -0.25) is 0 Å². The van der Waals surface area contributed by atoms with E-state index in [-0.39, 0.29) is 0 Å². The van der Waals surface area contributed by atoms with Gasteiger partial charge in [0.25, 0.3) is 0 Å². The zero-order valence-corrected chi connectivity index (χ0v) is 14.5. The van der Waals surface area contributed by atoms with Gasteiger partial charge in [0.1, 0.15) is 11.4 Å². The van der Waals surface area contributed by atoms with Crippen molar-refractivity contribution in [3.05, 3.63) is 41.6 Å².